The van der Waals surface area contributed by atoms with Crippen LogP contribution in [-0.2, 0) is 17.4 Å². The highest BCUT2D eigenvalue weighted by Crippen LogP contribution is 2.30. The molecule has 0 fully saturated rings. The van der Waals surface area contributed by atoms with E-state index in [2.05, 4.69) is 13.8 Å². The molecular formula is C20H27O3P. The minimum absolute atomic E-state index is 0.582. The molecule has 24 heavy (non-hydrogen) atoms. The Bertz CT molecular complexity index is 565. The van der Waals surface area contributed by atoms with Gasteiger partial charge in [-0.05, 0) is 61.1 Å². The van der Waals surface area contributed by atoms with E-state index in [4.69, 9.17) is 9.05 Å². The third-order valence-corrected chi connectivity index (χ3v) is 4.69. The highest BCUT2D eigenvalue weighted by Gasteiger charge is 2.05. The topological polar surface area (TPSA) is 35.5 Å². The third kappa shape index (κ3) is 6.41. The molecule has 0 aliphatic carbocycles. The molecule has 2 aromatic carbocycles. The Balaban J connectivity index is 1.84. The second-order valence-corrected chi connectivity index (χ2v) is 6.86. The van der Waals surface area contributed by atoms with Crippen molar-refractivity contribution in [3.05, 3.63) is 59.7 Å². The standard InChI is InChI=1S/C20H27O3P/c1-3-5-7-17-9-13-19(14-10-17)22-24(21)23-20-15-11-18(12-16-20)8-6-4-2/h9-16,24H,3-8H2,1-2H3. The van der Waals surface area contributed by atoms with Crippen molar-refractivity contribution < 1.29 is 13.6 Å². The largest absolute Gasteiger partial charge is 0.418 e. The van der Waals surface area contributed by atoms with E-state index in [1.54, 1.807) is 0 Å². The fourth-order valence-electron chi connectivity index (χ4n) is 2.42. The Morgan fingerprint density at radius 1 is 0.708 bits per heavy atom. The summed E-state index contributed by atoms with van der Waals surface area (Å²) in [6, 6.07) is 15.5. The summed E-state index contributed by atoms with van der Waals surface area (Å²) >= 11 is 0. The third-order valence-electron chi connectivity index (χ3n) is 3.89. The maximum Gasteiger partial charge on any atom is 0.418 e. The van der Waals surface area contributed by atoms with Gasteiger partial charge in [0.25, 0.3) is 0 Å². The lowest BCUT2D eigenvalue weighted by Crippen LogP contribution is -1.91. The molecule has 0 N–H and O–H groups in total. The zero-order valence-corrected chi connectivity index (χ0v) is 15.6. The van der Waals surface area contributed by atoms with Crippen LogP contribution in [0.25, 0.3) is 0 Å². The Labute approximate surface area is 146 Å². The van der Waals surface area contributed by atoms with E-state index < -0.39 is 8.25 Å². The molecule has 0 bridgehead atoms. The van der Waals surface area contributed by atoms with E-state index in [0.29, 0.717) is 11.5 Å². The Morgan fingerprint density at radius 2 is 1.08 bits per heavy atom. The van der Waals surface area contributed by atoms with Gasteiger partial charge in [0.05, 0.1) is 0 Å². The first-order valence-corrected chi connectivity index (χ1v) is 10.0. The van der Waals surface area contributed by atoms with Crippen molar-refractivity contribution in [1.82, 2.24) is 0 Å². The van der Waals surface area contributed by atoms with Crippen LogP contribution in [0.2, 0.25) is 0 Å². The summed E-state index contributed by atoms with van der Waals surface area (Å²) in [4.78, 5) is 0. The minimum atomic E-state index is -2.60. The maximum absolute atomic E-state index is 12.0. The van der Waals surface area contributed by atoms with Crippen LogP contribution in [0.3, 0.4) is 0 Å². The van der Waals surface area contributed by atoms with Crippen molar-refractivity contribution in [2.24, 2.45) is 0 Å². The van der Waals surface area contributed by atoms with Gasteiger partial charge in [-0.1, -0.05) is 51.0 Å². The zero-order valence-electron chi connectivity index (χ0n) is 14.6. The highest BCUT2D eigenvalue weighted by molar-refractivity contribution is 7.34. The molecule has 130 valence electrons. The molecule has 0 aliphatic heterocycles. The van der Waals surface area contributed by atoms with Gasteiger partial charge in [0, 0.05) is 0 Å². The van der Waals surface area contributed by atoms with Crippen LogP contribution in [0, 0.1) is 0 Å². The van der Waals surface area contributed by atoms with Crippen molar-refractivity contribution in [2.75, 3.05) is 0 Å². The average Bonchev–Trinajstić information content (AvgIpc) is 2.60. The number of rotatable bonds is 10. The number of hydrogen-bond acceptors (Lipinski definition) is 3. The molecule has 3 nitrogen and oxygen atoms in total. The van der Waals surface area contributed by atoms with E-state index >= 15 is 0 Å². The van der Waals surface area contributed by atoms with Gasteiger partial charge in [0.15, 0.2) is 0 Å². The molecular weight excluding hydrogens is 319 g/mol. The van der Waals surface area contributed by atoms with Gasteiger partial charge < -0.3 is 9.05 Å². The van der Waals surface area contributed by atoms with Crippen molar-refractivity contribution in [3.8, 4) is 11.5 Å². The van der Waals surface area contributed by atoms with Gasteiger partial charge in [-0.25, -0.2) is 4.57 Å². The lowest BCUT2D eigenvalue weighted by Gasteiger charge is -2.09. The van der Waals surface area contributed by atoms with E-state index in [0.717, 1.165) is 12.8 Å². The van der Waals surface area contributed by atoms with Crippen LogP contribution in [0.5, 0.6) is 11.5 Å². The van der Waals surface area contributed by atoms with E-state index in [1.165, 1.54) is 36.8 Å². The second-order valence-electron chi connectivity index (χ2n) is 5.95. The molecule has 0 aliphatic rings. The Hall–Kier alpha value is -1.73. The molecule has 4 heteroatoms. The molecule has 0 radical (unpaired) electrons. The van der Waals surface area contributed by atoms with Crippen LogP contribution in [0.1, 0.15) is 50.7 Å². The molecule has 0 amide bonds. The quantitative estimate of drug-likeness (QED) is 0.479. The predicted molar refractivity (Wildman–Crippen MR) is 100 cm³/mol. The Morgan fingerprint density at radius 3 is 1.42 bits per heavy atom. The minimum Gasteiger partial charge on any atom is -0.418 e. The molecule has 0 saturated carbocycles. The lowest BCUT2D eigenvalue weighted by molar-refractivity contribution is 0.415. The Kier molecular flexibility index (Phi) is 7.91. The van der Waals surface area contributed by atoms with Crippen molar-refractivity contribution in [3.63, 3.8) is 0 Å². The molecule has 0 unspecified atom stereocenters. The fourth-order valence-corrected chi connectivity index (χ4v) is 3.12. The molecule has 0 aromatic heterocycles. The fraction of sp³-hybridized carbons (Fsp3) is 0.400. The number of hydrogen-bond donors (Lipinski definition) is 0. The van der Waals surface area contributed by atoms with Crippen molar-refractivity contribution >= 4 is 8.25 Å². The summed E-state index contributed by atoms with van der Waals surface area (Å²) in [6.45, 7) is 4.36. The van der Waals surface area contributed by atoms with Gasteiger partial charge >= 0.3 is 8.25 Å². The van der Waals surface area contributed by atoms with Gasteiger partial charge in [0.2, 0.25) is 0 Å². The van der Waals surface area contributed by atoms with E-state index in [1.807, 2.05) is 48.5 Å². The highest BCUT2D eigenvalue weighted by atomic mass is 31.1. The first-order valence-electron chi connectivity index (χ1n) is 8.78. The predicted octanol–water partition coefficient (Wildman–Crippen LogP) is 6.22. The lowest BCUT2D eigenvalue weighted by atomic mass is 10.1. The number of aryl methyl sites for hydroxylation is 2. The molecule has 2 aromatic rings. The first kappa shape index (κ1) is 18.6. The summed E-state index contributed by atoms with van der Waals surface area (Å²) in [5.74, 6) is 1.16. The molecule has 0 atom stereocenters. The van der Waals surface area contributed by atoms with Crippen LogP contribution in [0.15, 0.2) is 48.5 Å². The number of benzene rings is 2. The normalized spacial score (nSPS) is 10.8. The average molecular weight is 346 g/mol. The van der Waals surface area contributed by atoms with Crippen LogP contribution in [0.4, 0.5) is 0 Å². The SMILES string of the molecule is CCCCc1ccc(O[PH](=O)Oc2ccc(CCCC)cc2)cc1. The van der Waals surface area contributed by atoms with Gasteiger partial charge in [0.1, 0.15) is 11.5 Å². The van der Waals surface area contributed by atoms with Gasteiger partial charge in [-0.3, -0.25) is 0 Å². The molecule has 0 heterocycles. The monoisotopic (exact) mass is 346 g/mol. The summed E-state index contributed by atoms with van der Waals surface area (Å²) < 4.78 is 22.8. The summed E-state index contributed by atoms with van der Waals surface area (Å²) in [6.07, 6.45) is 6.83. The van der Waals surface area contributed by atoms with E-state index in [-0.39, 0.29) is 0 Å². The summed E-state index contributed by atoms with van der Waals surface area (Å²) in [7, 11) is -2.60. The molecule has 2 rings (SSSR count). The smallest absolute Gasteiger partial charge is 0.418 e. The van der Waals surface area contributed by atoms with Crippen LogP contribution < -0.4 is 9.05 Å². The van der Waals surface area contributed by atoms with Crippen molar-refractivity contribution in [1.29, 1.82) is 0 Å². The molecule has 0 spiro atoms. The summed E-state index contributed by atoms with van der Waals surface area (Å²) in [5.41, 5.74) is 2.54. The maximum atomic E-state index is 12.0. The second kappa shape index (κ2) is 10.2. The van der Waals surface area contributed by atoms with Gasteiger partial charge in [-0.2, -0.15) is 0 Å². The van der Waals surface area contributed by atoms with Gasteiger partial charge in [-0.15, -0.1) is 0 Å². The summed E-state index contributed by atoms with van der Waals surface area (Å²) in [5, 5.41) is 0. The molecule has 0 saturated heterocycles. The van der Waals surface area contributed by atoms with E-state index in [9.17, 15) is 4.57 Å². The van der Waals surface area contributed by atoms with Crippen molar-refractivity contribution in [2.45, 2.75) is 52.4 Å². The number of unbranched alkanes of at least 4 members (excludes halogenated alkanes) is 2. The first-order chi connectivity index (χ1) is 11.7. The zero-order chi connectivity index (χ0) is 17.2. The van der Waals surface area contributed by atoms with Crippen LogP contribution in [-0.4, -0.2) is 0 Å². The van der Waals surface area contributed by atoms with Crippen LogP contribution >= 0.6 is 8.25 Å².